The molecular formula is C9H9N3O2S. The molecule has 1 heterocycles. The first-order valence-corrected chi connectivity index (χ1v) is 5.21. The maximum Gasteiger partial charge on any atom is 0.257 e. The molecule has 0 saturated carbocycles. The van der Waals surface area contributed by atoms with Crippen LogP contribution in [0.25, 0.3) is 11.1 Å². The molecule has 0 radical (unpaired) electrons. The third-order valence-electron chi connectivity index (χ3n) is 1.73. The van der Waals surface area contributed by atoms with Gasteiger partial charge in [-0.15, -0.1) is 0 Å². The predicted molar refractivity (Wildman–Crippen MR) is 58.3 cm³/mol. The van der Waals surface area contributed by atoms with Crippen LogP contribution in [0.15, 0.2) is 27.8 Å². The summed E-state index contributed by atoms with van der Waals surface area (Å²) in [5.74, 6) is -0.246. The molecule has 1 aromatic heterocycles. The van der Waals surface area contributed by atoms with E-state index < -0.39 is 5.91 Å². The van der Waals surface area contributed by atoms with Crippen LogP contribution in [-0.4, -0.2) is 16.6 Å². The van der Waals surface area contributed by atoms with Crippen LogP contribution >= 0.6 is 11.8 Å². The van der Waals surface area contributed by atoms with E-state index in [4.69, 9.17) is 15.9 Å². The Morgan fingerprint density at radius 3 is 3.07 bits per heavy atom. The molecule has 15 heavy (non-hydrogen) atoms. The summed E-state index contributed by atoms with van der Waals surface area (Å²) in [6.45, 7) is 0. The van der Waals surface area contributed by atoms with Crippen LogP contribution in [0.5, 0.6) is 0 Å². The van der Waals surface area contributed by atoms with Gasteiger partial charge in [0, 0.05) is 5.69 Å². The number of oxazole rings is 1. The molecule has 0 aliphatic heterocycles. The highest BCUT2D eigenvalue weighted by Crippen LogP contribution is 2.24. The second-order valence-corrected chi connectivity index (χ2v) is 3.89. The molecule has 0 aliphatic rings. The van der Waals surface area contributed by atoms with Gasteiger partial charge in [0.05, 0.1) is 5.75 Å². The molecule has 0 unspecified atom stereocenters. The van der Waals surface area contributed by atoms with Gasteiger partial charge in [0.25, 0.3) is 5.22 Å². The maximum absolute atomic E-state index is 10.6. The molecule has 0 spiro atoms. The SMILES string of the molecule is NC(=O)CSc1nc2cc(N)ccc2o1. The van der Waals surface area contributed by atoms with Crippen LogP contribution < -0.4 is 11.5 Å². The summed E-state index contributed by atoms with van der Waals surface area (Å²) in [5, 5.41) is 0.425. The number of rotatable bonds is 3. The summed E-state index contributed by atoms with van der Waals surface area (Å²) in [7, 11) is 0. The second kappa shape index (κ2) is 3.82. The first kappa shape index (κ1) is 9.85. The van der Waals surface area contributed by atoms with E-state index in [1.807, 2.05) is 0 Å². The van der Waals surface area contributed by atoms with E-state index in [-0.39, 0.29) is 5.75 Å². The fraction of sp³-hybridized carbons (Fsp3) is 0.111. The van der Waals surface area contributed by atoms with E-state index in [0.717, 1.165) is 0 Å². The van der Waals surface area contributed by atoms with E-state index in [2.05, 4.69) is 4.98 Å². The lowest BCUT2D eigenvalue weighted by Crippen LogP contribution is -2.12. The Morgan fingerprint density at radius 2 is 2.33 bits per heavy atom. The van der Waals surface area contributed by atoms with Crippen molar-refractivity contribution >= 4 is 34.5 Å². The molecule has 0 atom stereocenters. The van der Waals surface area contributed by atoms with Crippen molar-refractivity contribution in [3.63, 3.8) is 0 Å². The van der Waals surface area contributed by atoms with Crippen LogP contribution in [0, 0.1) is 0 Å². The zero-order valence-electron chi connectivity index (χ0n) is 7.77. The van der Waals surface area contributed by atoms with Gasteiger partial charge in [-0.25, -0.2) is 4.98 Å². The van der Waals surface area contributed by atoms with E-state index in [1.54, 1.807) is 18.2 Å². The van der Waals surface area contributed by atoms with Crippen molar-refractivity contribution in [1.82, 2.24) is 4.98 Å². The summed E-state index contributed by atoms with van der Waals surface area (Å²) in [5.41, 5.74) is 12.6. The molecule has 0 aliphatic carbocycles. The third kappa shape index (κ3) is 2.21. The number of amides is 1. The number of aromatic nitrogens is 1. The lowest BCUT2D eigenvalue weighted by atomic mass is 10.3. The molecule has 78 valence electrons. The standard InChI is InChI=1S/C9H9N3O2S/c10-5-1-2-7-6(3-5)12-9(14-7)15-4-8(11)13/h1-3H,4,10H2,(H2,11,13). The van der Waals surface area contributed by atoms with Gasteiger partial charge < -0.3 is 15.9 Å². The quantitative estimate of drug-likeness (QED) is 0.597. The first-order chi connectivity index (χ1) is 7.15. The van der Waals surface area contributed by atoms with E-state index in [9.17, 15) is 4.79 Å². The van der Waals surface area contributed by atoms with Crippen molar-refractivity contribution in [2.75, 3.05) is 11.5 Å². The number of primary amides is 1. The Morgan fingerprint density at radius 1 is 1.53 bits per heavy atom. The van der Waals surface area contributed by atoms with Gasteiger partial charge in [-0.05, 0) is 18.2 Å². The lowest BCUT2D eigenvalue weighted by Gasteiger charge is -1.89. The number of nitrogen functional groups attached to an aromatic ring is 1. The summed E-state index contributed by atoms with van der Waals surface area (Å²) < 4.78 is 5.36. The molecule has 0 bridgehead atoms. The molecular weight excluding hydrogens is 214 g/mol. The maximum atomic E-state index is 10.6. The monoisotopic (exact) mass is 223 g/mol. The second-order valence-electron chi connectivity index (χ2n) is 2.96. The van der Waals surface area contributed by atoms with Crippen molar-refractivity contribution in [1.29, 1.82) is 0 Å². The summed E-state index contributed by atoms with van der Waals surface area (Å²) in [4.78, 5) is 14.7. The van der Waals surface area contributed by atoms with Crippen LogP contribution in [0.3, 0.4) is 0 Å². The number of nitrogens with two attached hydrogens (primary N) is 2. The Balaban J connectivity index is 2.27. The van der Waals surface area contributed by atoms with Gasteiger partial charge in [-0.3, -0.25) is 4.79 Å². The normalized spacial score (nSPS) is 10.7. The zero-order chi connectivity index (χ0) is 10.8. The number of carbonyl (C=O) groups is 1. The molecule has 1 amide bonds. The molecule has 0 fully saturated rings. The molecule has 2 aromatic rings. The third-order valence-corrected chi connectivity index (χ3v) is 2.58. The minimum absolute atomic E-state index is 0.155. The molecule has 6 heteroatoms. The van der Waals surface area contributed by atoms with E-state index >= 15 is 0 Å². The molecule has 0 saturated heterocycles. The van der Waals surface area contributed by atoms with Crippen molar-refractivity contribution < 1.29 is 9.21 Å². The fourth-order valence-electron chi connectivity index (χ4n) is 1.12. The number of thioether (sulfide) groups is 1. The van der Waals surface area contributed by atoms with Crippen LogP contribution in [0.2, 0.25) is 0 Å². The highest BCUT2D eigenvalue weighted by Gasteiger charge is 2.07. The Kier molecular flexibility index (Phi) is 2.51. The topological polar surface area (TPSA) is 95.1 Å². The largest absolute Gasteiger partial charge is 0.431 e. The highest BCUT2D eigenvalue weighted by atomic mass is 32.2. The Bertz CT molecular complexity index is 509. The molecule has 5 nitrogen and oxygen atoms in total. The molecule has 2 rings (SSSR count). The van der Waals surface area contributed by atoms with Gasteiger partial charge >= 0.3 is 0 Å². The zero-order valence-corrected chi connectivity index (χ0v) is 8.58. The minimum atomic E-state index is -0.401. The minimum Gasteiger partial charge on any atom is -0.431 e. The fourth-order valence-corrected chi connectivity index (χ4v) is 1.70. The first-order valence-electron chi connectivity index (χ1n) is 4.22. The number of hydrogen-bond acceptors (Lipinski definition) is 5. The Labute approximate surface area is 89.8 Å². The number of nitrogens with zero attached hydrogens (tertiary/aromatic N) is 1. The average molecular weight is 223 g/mol. The van der Waals surface area contributed by atoms with Gasteiger partial charge in [0.2, 0.25) is 5.91 Å². The lowest BCUT2D eigenvalue weighted by molar-refractivity contribution is -0.115. The summed E-state index contributed by atoms with van der Waals surface area (Å²) in [6, 6.07) is 5.19. The summed E-state index contributed by atoms with van der Waals surface area (Å²) in [6.07, 6.45) is 0. The van der Waals surface area contributed by atoms with Crippen molar-refractivity contribution in [3.8, 4) is 0 Å². The van der Waals surface area contributed by atoms with Gasteiger partial charge in [-0.2, -0.15) is 0 Å². The summed E-state index contributed by atoms with van der Waals surface area (Å²) >= 11 is 1.17. The predicted octanol–water partition coefficient (Wildman–Crippen LogP) is 0.987. The van der Waals surface area contributed by atoms with Crippen molar-refractivity contribution in [2.45, 2.75) is 5.22 Å². The van der Waals surface area contributed by atoms with Crippen molar-refractivity contribution in [3.05, 3.63) is 18.2 Å². The van der Waals surface area contributed by atoms with Crippen LogP contribution in [0.4, 0.5) is 5.69 Å². The van der Waals surface area contributed by atoms with Crippen LogP contribution in [-0.2, 0) is 4.79 Å². The number of fused-ring (bicyclic) bond motifs is 1. The van der Waals surface area contributed by atoms with Gasteiger partial charge in [-0.1, -0.05) is 11.8 Å². The van der Waals surface area contributed by atoms with Gasteiger partial charge in [0.1, 0.15) is 5.52 Å². The number of benzene rings is 1. The smallest absolute Gasteiger partial charge is 0.257 e. The van der Waals surface area contributed by atoms with Gasteiger partial charge in [0.15, 0.2) is 5.58 Å². The Hall–Kier alpha value is -1.69. The molecule has 4 N–H and O–H groups in total. The number of anilines is 1. The molecule has 1 aromatic carbocycles. The number of hydrogen-bond donors (Lipinski definition) is 2. The van der Waals surface area contributed by atoms with E-state index in [1.165, 1.54) is 11.8 Å². The van der Waals surface area contributed by atoms with Crippen LogP contribution in [0.1, 0.15) is 0 Å². The van der Waals surface area contributed by atoms with Crippen molar-refractivity contribution in [2.24, 2.45) is 5.73 Å². The highest BCUT2D eigenvalue weighted by molar-refractivity contribution is 7.99. The van der Waals surface area contributed by atoms with E-state index in [0.29, 0.717) is 22.0 Å². The average Bonchev–Trinajstić information content (AvgIpc) is 2.56. The number of carbonyl (C=O) groups excluding carboxylic acids is 1.